The van der Waals surface area contributed by atoms with Gasteiger partial charge in [0.2, 0.25) is 0 Å². The predicted molar refractivity (Wildman–Crippen MR) is 58.4 cm³/mol. The number of benzene rings is 1. The van der Waals surface area contributed by atoms with Gasteiger partial charge in [-0.1, -0.05) is 18.2 Å². The molecule has 0 saturated heterocycles. The highest BCUT2D eigenvalue weighted by atomic mass is 16.2. The molecule has 1 aliphatic rings. The van der Waals surface area contributed by atoms with Crippen LogP contribution in [0.4, 0.5) is 10.5 Å². The molecule has 0 spiro atoms. The van der Waals surface area contributed by atoms with Crippen molar-refractivity contribution in [2.45, 2.75) is 6.92 Å². The van der Waals surface area contributed by atoms with E-state index in [1.165, 1.54) is 5.01 Å². The van der Waals surface area contributed by atoms with Gasteiger partial charge in [-0.3, -0.25) is 5.43 Å². The van der Waals surface area contributed by atoms with Crippen molar-refractivity contribution in [3.05, 3.63) is 30.3 Å². The van der Waals surface area contributed by atoms with E-state index >= 15 is 0 Å². The summed E-state index contributed by atoms with van der Waals surface area (Å²) in [4.78, 5) is 11.4. The smallest absolute Gasteiger partial charge is 0.294 e. The van der Waals surface area contributed by atoms with Gasteiger partial charge in [-0.05, 0) is 19.1 Å². The summed E-state index contributed by atoms with van der Waals surface area (Å²) in [6.07, 6.45) is 0. The van der Waals surface area contributed by atoms with Crippen molar-refractivity contribution in [3.8, 4) is 0 Å². The molecule has 15 heavy (non-hydrogen) atoms. The summed E-state index contributed by atoms with van der Waals surface area (Å²) in [7, 11) is 0. The molecule has 0 unspecified atom stereocenters. The number of nitrogens with zero attached hydrogens (tertiary/aromatic N) is 2. The molecule has 1 aliphatic heterocycles. The second-order valence-corrected chi connectivity index (χ2v) is 3.33. The molecular weight excluding hydrogens is 192 g/mol. The lowest BCUT2D eigenvalue weighted by Gasteiger charge is -2.26. The molecule has 5 nitrogen and oxygen atoms in total. The monoisotopic (exact) mass is 204 g/mol. The standard InChI is InChI=1S/C10H12N4O/c1-8-7-14(10(15)12-11-8)13-9-5-3-2-4-6-9/h2-6,13H,7H2,1H3,(H,12,15). The number of carbonyl (C=O) groups is 1. The molecular formula is C10H12N4O. The molecule has 0 fully saturated rings. The van der Waals surface area contributed by atoms with Crippen LogP contribution in [0.2, 0.25) is 0 Å². The van der Waals surface area contributed by atoms with Crippen molar-refractivity contribution in [3.63, 3.8) is 0 Å². The van der Waals surface area contributed by atoms with Crippen molar-refractivity contribution in [2.75, 3.05) is 12.0 Å². The fourth-order valence-electron chi connectivity index (χ4n) is 1.30. The lowest BCUT2D eigenvalue weighted by molar-refractivity contribution is 0.211. The van der Waals surface area contributed by atoms with E-state index in [4.69, 9.17) is 0 Å². The summed E-state index contributed by atoms with van der Waals surface area (Å²) in [5.41, 5.74) is 7.15. The average molecular weight is 204 g/mol. The fraction of sp³-hybridized carbons (Fsp3) is 0.200. The first-order valence-electron chi connectivity index (χ1n) is 4.68. The van der Waals surface area contributed by atoms with Gasteiger partial charge in [0.25, 0.3) is 0 Å². The molecule has 0 bridgehead atoms. The Bertz CT molecular complexity index is 388. The summed E-state index contributed by atoms with van der Waals surface area (Å²) in [5.74, 6) is 0. The first kappa shape index (κ1) is 9.51. The van der Waals surface area contributed by atoms with E-state index < -0.39 is 0 Å². The zero-order valence-corrected chi connectivity index (χ0v) is 8.40. The van der Waals surface area contributed by atoms with Gasteiger partial charge in [0.05, 0.1) is 17.9 Å². The summed E-state index contributed by atoms with van der Waals surface area (Å²) in [6.45, 7) is 2.35. The largest absolute Gasteiger partial charge is 0.356 e. The lowest BCUT2D eigenvalue weighted by atomic mass is 10.3. The minimum absolute atomic E-state index is 0.246. The summed E-state index contributed by atoms with van der Waals surface area (Å²) in [5, 5.41) is 5.32. The number of nitrogens with one attached hydrogen (secondary N) is 2. The van der Waals surface area contributed by atoms with Crippen LogP contribution in [0, 0.1) is 0 Å². The normalized spacial score (nSPS) is 15.7. The SMILES string of the molecule is CC1=NNC(=O)N(Nc2ccccc2)C1. The molecule has 1 aromatic carbocycles. The Labute approximate surface area is 87.7 Å². The highest BCUT2D eigenvalue weighted by molar-refractivity contribution is 5.92. The van der Waals surface area contributed by atoms with E-state index in [-0.39, 0.29) is 6.03 Å². The van der Waals surface area contributed by atoms with Gasteiger partial charge < -0.3 is 0 Å². The fourth-order valence-corrected chi connectivity index (χ4v) is 1.30. The number of anilines is 1. The Morgan fingerprint density at radius 2 is 2.13 bits per heavy atom. The van der Waals surface area contributed by atoms with Gasteiger partial charge in [-0.2, -0.15) is 5.10 Å². The number of hydrazone groups is 1. The third kappa shape index (κ3) is 2.25. The predicted octanol–water partition coefficient (Wildman–Crippen LogP) is 1.41. The quantitative estimate of drug-likeness (QED) is 0.765. The number of hydrogen-bond donors (Lipinski definition) is 2. The molecule has 2 amide bonds. The Hall–Kier alpha value is -2.04. The van der Waals surface area contributed by atoms with Crippen LogP contribution in [0.3, 0.4) is 0 Å². The molecule has 78 valence electrons. The molecule has 5 heteroatoms. The number of para-hydroxylation sites is 1. The summed E-state index contributed by atoms with van der Waals surface area (Å²) in [6, 6.07) is 9.29. The minimum atomic E-state index is -0.246. The van der Waals surface area contributed by atoms with Crippen LogP contribution >= 0.6 is 0 Å². The van der Waals surface area contributed by atoms with Crippen molar-refractivity contribution < 1.29 is 4.79 Å². The van der Waals surface area contributed by atoms with E-state index in [2.05, 4.69) is 16.0 Å². The summed E-state index contributed by atoms with van der Waals surface area (Å²) >= 11 is 0. The molecule has 0 radical (unpaired) electrons. The second kappa shape index (κ2) is 4.00. The van der Waals surface area contributed by atoms with Crippen LogP contribution in [-0.4, -0.2) is 23.3 Å². The first-order chi connectivity index (χ1) is 7.25. The lowest BCUT2D eigenvalue weighted by Crippen LogP contribution is -2.48. The van der Waals surface area contributed by atoms with Crippen molar-refractivity contribution in [2.24, 2.45) is 5.10 Å². The van der Waals surface area contributed by atoms with Gasteiger partial charge >= 0.3 is 6.03 Å². The van der Waals surface area contributed by atoms with E-state index in [1.54, 1.807) is 0 Å². The van der Waals surface area contributed by atoms with Crippen LogP contribution in [0.25, 0.3) is 0 Å². The molecule has 2 N–H and O–H groups in total. The molecule has 1 aromatic rings. The maximum Gasteiger partial charge on any atom is 0.356 e. The Morgan fingerprint density at radius 3 is 2.87 bits per heavy atom. The van der Waals surface area contributed by atoms with E-state index in [1.807, 2.05) is 37.3 Å². The van der Waals surface area contributed by atoms with Crippen molar-refractivity contribution in [1.29, 1.82) is 0 Å². The number of rotatable bonds is 2. The van der Waals surface area contributed by atoms with E-state index in [0.717, 1.165) is 11.4 Å². The number of amides is 2. The Kier molecular flexibility index (Phi) is 2.53. The molecule has 0 atom stereocenters. The van der Waals surface area contributed by atoms with Gasteiger partial charge in [-0.25, -0.2) is 15.2 Å². The summed E-state index contributed by atoms with van der Waals surface area (Å²) < 4.78 is 0. The topological polar surface area (TPSA) is 56.7 Å². The second-order valence-electron chi connectivity index (χ2n) is 3.33. The van der Waals surface area contributed by atoms with Gasteiger partial charge in [0, 0.05) is 0 Å². The van der Waals surface area contributed by atoms with Gasteiger partial charge in [-0.15, -0.1) is 0 Å². The third-order valence-corrected chi connectivity index (χ3v) is 2.01. The molecule has 0 aliphatic carbocycles. The van der Waals surface area contributed by atoms with Crippen LogP contribution in [0.15, 0.2) is 35.4 Å². The number of carbonyl (C=O) groups excluding carboxylic acids is 1. The molecule has 0 saturated carbocycles. The van der Waals surface area contributed by atoms with Crippen LogP contribution in [0.5, 0.6) is 0 Å². The molecule has 0 aromatic heterocycles. The average Bonchev–Trinajstić information content (AvgIpc) is 2.25. The van der Waals surface area contributed by atoms with Gasteiger partial charge in [0.1, 0.15) is 0 Å². The van der Waals surface area contributed by atoms with E-state index in [9.17, 15) is 4.79 Å². The third-order valence-electron chi connectivity index (χ3n) is 2.01. The molecule has 2 rings (SSSR count). The maximum absolute atomic E-state index is 11.4. The Morgan fingerprint density at radius 1 is 1.40 bits per heavy atom. The Balaban J connectivity index is 2.06. The number of hydrazine groups is 1. The zero-order chi connectivity index (χ0) is 10.7. The van der Waals surface area contributed by atoms with Crippen molar-refractivity contribution >= 4 is 17.4 Å². The van der Waals surface area contributed by atoms with Crippen LogP contribution < -0.4 is 10.9 Å². The number of hydrogen-bond acceptors (Lipinski definition) is 3. The molecule has 1 heterocycles. The first-order valence-corrected chi connectivity index (χ1v) is 4.68. The van der Waals surface area contributed by atoms with Crippen LogP contribution in [-0.2, 0) is 0 Å². The maximum atomic E-state index is 11.4. The van der Waals surface area contributed by atoms with E-state index in [0.29, 0.717) is 6.54 Å². The van der Waals surface area contributed by atoms with Crippen LogP contribution in [0.1, 0.15) is 6.92 Å². The van der Waals surface area contributed by atoms with Gasteiger partial charge in [0.15, 0.2) is 0 Å². The minimum Gasteiger partial charge on any atom is -0.294 e. The highest BCUT2D eigenvalue weighted by Gasteiger charge is 2.17. The zero-order valence-electron chi connectivity index (χ0n) is 8.40. The highest BCUT2D eigenvalue weighted by Crippen LogP contribution is 2.08. The van der Waals surface area contributed by atoms with Crippen molar-refractivity contribution in [1.82, 2.24) is 10.4 Å². The number of urea groups is 1.